The number of nitrogen functional groups attached to an aromatic ring is 3. The Morgan fingerprint density at radius 1 is 0.692 bits per heavy atom. The number of rotatable bonds is 15. The van der Waals surface area contributed by atoms with Gasteiger partial charge in [0.25, 0.3) is 0 Å². The number of ether oxygens (including phenoxy) is 2. The first-order valence-electron chi connectivity index (χ1n) is 22.8. The normalized spacial score (nSPS) is 21.2. The number of anilines is 6. The van der Waals surface area contributed by atoms with Gasteiger partial charge in [-0.05, 0) is 92.1 Å². The molecule has 4 fully saturated rings. The lowest BCUT2D eigenvalue weighted by Gasteiger charge is -2.35. The SMILES string of the molecule is C[N+](C)(C)C(C(=O)OP(=O)(O)O)C1CCN(c2ccc(N)cc2)C1.C[N+](C)(C)CCOC1CCN(c2ccc(N)cc2)C1.C[N+]1(CCOC2CCN(c3ccc(N)cc3)C2)CCCC1.Cl. The summed E-state index contributed by atoms with van der Waals surface area (Å²) in [6.07, 6.45) is 6.49. The average Bonchev–Trinajstić information content (AvgIpc) is 4.04. The molecule has 4 unspecified atom stereocenters. The Balaban J connectivity index is 0.000000213. The third kappa shape index (κ3) is 17.7. The molecule has 0 saturated carbocycles. The molecule has 4 aliphatic heterocycles. The van der Waals surface area contributed by atoms with Crippen molar-refractivity contribution in [1.82, 2.24) is 0 Å². The zero-order chi connectivity index (χ0) is 46.7. The van der Waals surface area contributed by atoms with E-state index < -0.39 is 19.8 Å². The summed E-state index contributed by atoms with van der Waals surface area (Å²) in [5, 5.41) is 0. The number of benzene rings is 3. The van der Waals surface area contributed by atoms with E-state index in [1.165, 1.54) is 48.3 Å². The minimum absolute atomic E-state index is 0. The Hall–Kier alpha value is -3.83. The van der Waals surface area contributed by atoms with Crippen LogP contribution in [0.25, 0.3) is 0 Å². The van der Waals surface area contributed by atoms with Crippen LogP contribution in [-0.4, -0.2) is 175 Å². The predicted molar refractivity (Wildman–Crippen MR) is 266 cm³/mol. The summed E-state index contributed by atoms with van der Waals surface area (Å²) >= 11 is 0. The summed E-state index contributed by atoms with van der Waals surface area (Å²) in [7, 11) is 9.55. The molecule has 18 heteroatoms. The molecule has 0 amide bonds. The summed E-state index contributed by atoms with van der Waals surface area (Å²) in [5.74, 6) is -0.929. The van der Waals surface area contributed by atoms with Gasteiger partial charge in [0.1, 0.15) is 13.1 Å². The summed E-state index contributed by atoms with van der Waals surface area (Å²) in [4.78, 5) is 37.1. The third-order valence-corrected chi connectivity index (χ3v) is 13.2. The van der Waals surface area contributed by atoms with Gasteiger partial charge >= 0.3 is 13.8 Å². The van der Waals surface area contributed by atoms with E-state index in [1.54, 1.807) is 0 Å². The molecule has 364 valence electrons. The van der Waals surface area contributed by atoms with E-state index in [0.29, 0.717) is 24.4 Å². The van der Waals surface area contributed by atoms with Gasteiger partial charge in [0.15, 0.2) is 6.04 Å². The van der Waals surface area contributed by atoms with Crippen LogP contribution < -0.4 is 31.9 Å². The topological polar surface area (TPSA) is 190 Å². The van der Waals surface area contributed by atoms with Gasteiger partial charge in [-0.15, -0.1) is 12.4 Å². The lowest BCUT2D eigenvalue weighted by Crippen LogP contribution is -2.54. The van der Waals surface area contributed by atoms with Gasteiger partial charge in [-0.3, -0.25) is 9.79 Å². The second-order valence-electron chi connectivity index (χ2n) is 20.2. The molecule has 4 aliphatic rings. The molecule has 0 spiro atoms. The molecule has 0 aliphatic carbocycles. The molecule has 3 aromatic rings. The highest BCUT2D eigenvalue weighted by molar-refractivity contribution is 7.46. The minimum atomic E-state index is -4.85. The van der Waals surface area contributed by atoms with Crippen molar-refractivity contribution in [2.75, 3.05) is 160 Å². The second kappa shape index (κ2) is 23.8. The maximum absolute atomic E-state index is 12.3. The van der Waals surface area contributed by atoms with E-state index in [4.69, 9.17) is 36.5 Å². The number of phosphoric ester groups is 1. The fraction of sp³-hybridized carbons (Fsp3) is 0.596. The van der Waals surface area contributed by atoms with Crippen LogP contribution in [0.15, 0.2) is 72.8 Å². The maximum atomic E-state index is 12.3. The molecule has 7 rings (SSSR count). The predicted octanol–water partition coefficient (Wildman–Crippen LogP) is 4.90. The van der Waals surface area contributed by atoms with E-state index in [9.17, 15) is 9.36 Å². The lowest BCUT2D eigenvalue weighted by atomic mass is 9.96. The second-order valence-corrected chi connectivity index (χ2v) is 21.4. The van der Waals surface area contributed by atoms with Gasteiger partial charge in [-0.25, -0.2) is 9.36 Å². The Kier molecular flexibility index (Phi) is 19.7. The van der Waals surface area contributed by atoms with Crippen LogP contribution in [0.2, 0.25) is 0 Å². The summed E-state index contributed by atoms with van der Waals surface area (Å²) < 4.78 is 29.9. The molecule has 8 N–H and O–H groups in total. The van der Waals surface area contributed by atoms with E-state index in [2.05, 4.69) is 71.7 Å². The molecule has 3 aromatic carbocycles. The average molecular weight is 950 g/mol. The van der Waals surface area contributed by atoms with Crippen molar-refractivity contribution >= 4 is 60.3 Å². The summed E-state index contributed by atoms with van der Waals surface area (Å²) in [5.41, 5.74) is 23.0. The fourth-order valence-corrected chi connectivity index (χ4v) is 9.44. The molecular formula is C47H80ClN9O7P+3. The number of nitrogens with zero attached hydrogens (tertiary/aromatic N) is 6. The summed E-state index contributed by atoms with van der Waals surface area (Å²) in [6, 6.07) is 23.1. The molecule has 4 saturated heterocycles. The van der Waals surface area contributed by atoms with Crippen LogP contribution in [0.1, 0.15) is 32.1 Å². The van der Waals surface area contributed by atoms with Crippen LogP contribution in [0.3, 0.4) is 0 Å². The molecule has 0 aromatic heterocycles. The van der Waals surface area contributed by atoms with Crippen molar-refractivity contribution in [3.05, 3.63) is 72.8 Å². The van der Waals surface area contributed by atoms with Crippen molar-refractivity contribution < 1.29 is 46.6 Å². The van der Waals surface area contributed by atoms with Crippen LogP contribution in [0, 0.1) is 5.92 Å². The van der Waals surface area contributed by atoms with E-state index in [1.807, 2.05) is 69.7 Å². The smallest absolute Gasteiger partial charge is 0.399 e. The van der Waals surface area contributed by atoms with E-state index >= 15 is 0 Å². The minimum Gasteiger partial charge on any atom is -0.399 e. The number of nitrogens with two attached hydrogens (primary N) is 3. The first-order chi connectivity index (χ1) is 30.1. The van der Waals surface area contributed by atoms with Gasteiger partial charge in [0.2, 0.25) is 0 Å². The highest BCUT2D eigenvalue weighted by atomic mass is 35.5. The molecular weight excluding hydrogens is 869 g/mol. The quantitative estimate of drug-likeness (QED) is 0.0787. The Bertz CT molecular complexity index is 1940. The number of hydrogen-bond donors (Lipinski definition) is 5. The molecule has 4 atom stereocenters. The molecule has 0 radical (unpaired) electrons. The van der Waals surface area contributed by atoms with Crippen molar-refractivity contribution in [2.24, 2.45) is 5.92 Å². The molecule has 0 bridgehead atoms. The van der Waals surface area contributed by atoms with Crippen LogP contribution in [0.4, 0.5) is 34.1 Å². The zero-order valence-corrected chi connectivity index (χ0v) is 41.7. The molecule has 16 nitrogen and oxygen atoms in total. The van der Waals surface area contributed by atoms with Gasteiger partial charge in [0, 0.05) is 92.2 Å². The zero-order valence-electron chi connectivity index (χ0n) is 40.0. The number of hydrogen-bond acceptors (Lipinski definition) is 11. The van der Waals surface area contributed by atoms with Gasteiger partial charge < -0.3 is 59.3 Å². The number of phosphoric acid groups is 1. The first-order valence-corrected chi connectivity index (χ1v) is 24.4. The maximum Gasteiger partial charge on any atom is 0.527 e. The molecule has 4 heterocycles. The molecule has 65 heavy (non-hydrogen) atoms. The number of carbonyl (C=O) groups is 1. The highest BCUT2D eigenvalue weighted by Crippen LogP contribution is 2.39. The van der Waals surface area contributed by atoms with Crippen molar-refractivity contribution in [2.45, 2.75) is 50.4 Å². The third-order valence-electron chi connectivity index (χ3n) is 12.8. The van der Waals surface area contributed by atoms with E-state index in [0.717, 1.165) is 93.3 Å². The van der Waals surface area contributed by atoms with Crippen LogP contribution >= 0.6 is 20.2 Å². The number of likely N-dealkylation sites (N-methyl/N-ethyl adjacent to an activating group) is 3. The largest absolute Gasteiger partial charge is 0.527 e. The van der Waals surface area contributed by atoms with Crippen LogP contribution in [0.5, 0.6) is 0 Å². The number of quaternary nitrogens is 3. The number of halogens is 1. The Morgan fingerprint density at radius 3 is 1.49 bits per heavy atom. The number of carbonyl (C=O) groups excluding carboxylic acids is 1. The van der Waals surface area contributed by atoms with Crippen LogP contribution in [-0.2, 0) is 23.4 Å². The Labute approximate surface area is 394 Å². The highest BCUT2D eigenvalue weighted by Gasteiger charge is 2.45. The number of likely N-dealkylation sites (tertiary alicyclic amines) is 1. The Morgan fingerprint density at radius 2 is 1.09 bits per heavy atom. The van der Waals surface area contributed by atoms with Crippen molar-refractivity contribution in [3.8, 4) is 0 Å². The first kappa shape index (κ1) is 53.8. The van der Waals surface area contributed by atoms with Crippen molar-refractivity contribution in [1.29, 1.82) is 0 Å². The van der Waals surface area contributed by atoms with Gasteiger partial charge in [0.05, 0.1) is 87.8 Å². The fourth-order valence-electron chi connectivity index (χ4n) is 9.10. The van der Waals surface area contributed by atoms with Gasteiger partial charge in [-0.2, -0.15) is 0 Å². The lowest BCUT2D eigenvalue weighted by molar-refractivity contribution is -0.898. The van der Waals surface area contributed by atoms with E-state index in [-0.39, 0.29) is 22.8 Å². The monoisotopic (exact) mass is 949 g/mol. The van der Waals surface area contributed by atoms with Gasteiger partial charge in [-0.1, -0.05) is 0 Å². The standard InChI is InChI=1S/C17H28N3O.C15H24N3O5P.C15H26N3O.ClH/c1-20(10-2-3-11-20)12-13-21-17-8-9-19(14-17)16-6-4-15(18)5-7-16;1-18(2,3)14(15(19)23-24(20,21)22)11-8-9-17(10-11)13-6-4-12(16)5-7-13;1-18(2,3)10-11-19-15-8-9-17(12-15)14-6-4-13(16)5-7-14;/h4-7,17H,2-3,8-14,18H2,1H3;4-7,11,14H,8-10,16H2,1-3H3,(H-,20,21,22);4-7,15H,8-12,16H2,1-3H3;1H/q+1;;+1;/p+1. The summed E-state index contributed by atoms with van der Waals surface area (Å²) in [6.45, 7) is 12.1. The van der Waals surface area contributed by atoms with Crippen molar-refractivity contribution in [3.63, 3.8) is 0 Å².